The molecule has 0 aliphatic carbocycles. The number of ether oxygens (including phenoxy) is 1. The summed E-state index contributed by atoms with van der Waals surface area (Å²) in [7, 11) is 1.77. The molecule has 1 atom stereocenters. The SMILES string of the molecule is CCNCc1cc(Cl)cc(Cl)c1OC1CCN(C)C1=O. The molecule has 0 saturated carbocycles. The molecule has 0 bridgehead atoms. The summed E-state index contributed by atoms with van der Waals surface area (Å²) in [5, 5.41) is 4.21. The smallest absolute Gasteiger partial charge is 0.263 e. The van der Waals surface area contributed by atoms with E-state index in [1.54, 1.807) is 18.0 Å². The summed E-state index contributed by atoms with van der Waals surface area (Å²) < 4.78 is 5.85. The third-order valence-electron chi connectivity index (χ3n) is 3.29. The number of nitrogens with zero attached hydrogens (tertiary/aromatic N) is 1. The van der Waals surface area contributed by atoms with Gasteiger partial charge >= 0.3 is 0 Å². The molecule has 0 spiro atoms. The number of rotatable bonds is 5. The molecule has 1 heterocycles. The van der Waals surface area contributed by atoms with Crippen LogP contribution in [0.1, 0.15) is 18.9 Å². The van der Waals surface area contributed by atoms with E-state index in [0.29, 0.717) is 35.3 Å². The summed E-state index contributed by atoms with van der Waals surface area (Å²) in [6, 6.07) is 3.45. The van der Waals surface area contributed by atoms with Crippen LogP contribution in [0.25, 0.3) is 0 Å². The van der Waals surface area contributed by atoms with Crippen molar-refractivity contribution in [3.05, 3.63) is 27.7 Å². The topological polar surface area (TPSA) is 41.6 Å². The molecule has 1 fully saturated rings. The van der Waals surface area contributed by atoms with Gasteiger partial charge in [0, 0.05) is 37.1 Å². The fourth-order valence-corrected chi connectivity index (χ4v) is 2.76. The summed E-state index contributed by atoms with van der Waals surface area (Å²) in [5.41, 5.74) is 0.867. The minimum Gasteiger partial charge on any atom is -0.479 e. The first-order valence-corrected chi connectivity index (χ1v) is 7.38. The van der Waals surface area contributed by atoms with Crippen molar-refractivity contribution in [2.45, 2.75) is 26.0 Å². The molecule has 1 saturated heterocycles. The van der Waals surface area contributed by atoms with Crippen LogP contribution in [0.5, 0.6) is 5.75 Å². The lowest BCUT2D eigenvalue weighted by Crippen LogP contribution is -2.30. The fourth-order valence-electron chi connectivity index (χ4n) is 2.18. The molecule has 6 heteroatoms. The van der Waals surface area contributed by atoms with Crippen LogP contribution in [0.2, 0.25) is 10.0 Å². The monoisotopic (exact) mass is 316 g/mol. The molecule has 4 nitrogen and oxygen atoms in total. The van der Waals surface area contributed by atoms with Gasteiger partial charge in [-0.05, 0) is 18.7 Å². The van der Waals surface area contributed by atoms with Gasteiger partial charge in [0.05, 0.1) is 5.02 Å². The molecule has 0 aromatic heterocycles. The number of carbonyl (C=O) groups excluding carboxylic acids is 1. The van der Waals surface area contributed by atoms with Crippen molar-refractivity contribution in [1.29, 1.82) is 0 Å². The van der Waals surface area contributed by atoms with Crippen LogP contribution in [0.15, 0.2) is 12.1 Å². The van der Waals surface area contributed by atoms with E-state index in [9.17, 15) is 4.79 Å². The quantitative estimate of drug-likeness (QED) is 0.908. The number of nitrogens with one attached hydrogen (secondary N) is 1. The Morgan fingerprint density at radius 2 is 2.20 bits per heavy atom. The highest BCUT2D eigenvalue weighted by Gasteiger charge is 2.31. The lowest BCUT2D eigenvalue weighted by Gasteiger charge is -2.18. The third-order valence-corrected chi connectivity index (χ3v) is 3.79. The predicted molar refractivity (Wildman–Crippen MR) is 80.5 cm³/mol. The van der Waals surface area contributed by atoms with Gasteiger partial charge in [0.1, 0.15) is 5.75 Å². The van der Waals surface area contributed by atoms with Crippen molar-refractivity contribution in [2.24, 2.45) is 0 Å². The predicted octanol–water partition coefficient (Wildman–Crippen LogP) is 2.71. The number of benzene rings is 1. The van der Waals surface area contributed by atoms with Crippen LogP contribution in [-0.4, -0.2) is 37.0 Å². The molecule has 1 aromatic carbocycles. The molecule has 1 amide bonds. The van der Waals surface area contributed by atoms with E-state index in [1.165, 1.54) is 0 Å². The highest BCUT2D eigenvalue weighted by Crippen LogP contribution is 2.34. The van der Waals surface area contributed by atoms with Gasteiger partial charge in [-0.3, -0.25) is 4.79 Å². The highest BCUT2D eigenvalue weighted by molar-refractivity contribution is 6.35. The number of amides is 1. The van der Waals surface area contributed by atoms with Crippen molar-refractivity contribution >= 4 is 29.1 Å². The van der Waals surface area contributed by atoms with Crippen LogP contribution >= 0.6 is 23.2 Å². The molecule has 1 N–H and O–H groups in total. The van der Waals surface area contributed by atoms with Crippen molar-refractivity contribution in [3.63, 3.8) is 0 Å². The first-order valence-electron chi connectivity index (χ1n) is 6.63. The molecule has 20 heavy (non-hydrogen) atoms. The van der Waals surface area contributed by atoms with Crippen LogP contribution in [-0.2, 0) is 11.3 Å². The Morgan fingerprint density at radius 3 is 2.80 bits per heavy atom. The van der Waals surface area contributed by atoms with Crippen molar-refractivity contribution in [2.75, 3.05) is 20.1 Å². The first kappa shape index (κ1) is 15.4. The number of likely N-dealkylation sites (N-methyl/N-ethyl adjacent to an activating group) is 1. The second-order valence-corrected chi connectivity index (χ2v) is 5.65. The van der Waals surface area contributed by atoms with E-state index in [-0.39, 0.29) is 5.91 Å². The Bertz CT molecular complexity index is 508. The molecule has 2 rings (SSSR count). The Morgan fingerprint density at radius 1 is 1.45 bits per heavy atom. The Balaban J connectivity index is 2.23. The number of halogens is 2. The van der Waals surface area contributed by atoms with E-state index >= 15 is 0 Å². The Kier molecular flexibility index (Phi) is 5.13. The van der Waals surface area contributed by atoms with Crippen LogP contribution in [0, 0.1) is 0 Å². The number of likely N-dealkylation sites (tertiary alicyclic amines) is 1. The lowest BCUT2D eigenvalue weighted by atomic mass is 10.2. The highest BCUT2D eigenvalue weighted by atomic mass is 35.5. The van der Waals surface area contributed by atoms with Gasteiger partial charge in [0.15, 0.2) is 6.10 Å². The van der Waals surface area contributed by atoms with Gasteiger partial charge < -0.3 is 15.0 Å². The Labute approximate surface area is 129 Å². The molecule has 1 unspecified atom stereocenters. The molecular weight excluding hydrogens is 299 g/mol. The van der Waals surface area contributed by atoms with Crippen LogP contribution < -0.4 is 10.1 Å². The summed E-state index contributed by atoms with van der Waals surface area (Å²) in [4.78, 5) is 13.6. The number of carbonyl (C=O) groups is 1. The van der Waals surface area contributed by atoms with Crippen molar-refractivity contribution < 1.29 is 9.53 Å². The number of hydrogen-bond acceptors (Lipinski definition) is 3. The van der Waals surface area contributed by atoms with Gasteiger partial charge in [0.2, 0.25) is 0 Å². The maximum absolute atomic E-state index is 11.9. The van der Waals surface area contributed by atoms with Gasteiger partial charge in [-0.25, -0.2) is 0 Å². The first-order chi connectivity index (χ1) is 9.52. The van der Waals surface area contributed by atoms with E-state index in [0.717, 1.165) is 12.1 Å². The van der Waals surface area contributed by atoms with E-state index in [1.807, 2.05) is 13.0 Å². The number of hydrogen-bond donors (Lipinski definition) is 1. The molecule has 110 valence electrons. The van der Waals surface area contributed by atoms with E-state index < -0.39 is 6.10 Å². The van der Waals surface area contributed by atoms with E-state index in [4.69, 9.17) is 27.9 Å². The maximum atomic E-state index is 11.9. The summed E-state index contributed by atoms with van der Waals surface area (Å²) in [6.07, 6.45) is 0.216. The minimum atomic E-state index is -0.459. The largest absolute Gasteiger partial charge is 0.479 e. The van der Waals surface area contributed by atoms with Crippen molar-refractivity contribution in [1.82, 2.24) is 10.2 Å². The molecule has 1 aliphatic rings. The summed E-state index contributed by atoms with van der Waals surface area (Å²) >= 11 is 12.2. The zero-order valence-electron chi connectivity index (χ0n) is 11.6. The molecule has 0 radical (unpaired) electrons. The zero-order valence-corrected chi connectivity index (χ0v) is 13.1. The average Bonchev–Trinajstić information content (AvgIpc) is 2.71. The summed E-state index contributed by atoms with van der Waals surface area (Å²) in [6.45, 7) is 4.15. The van der Waals surface area contributed by atoms with Gasteiger partial charge in [-0.1, -0.05) is 30.1 Å². The van der Waals surface area contributed by atoms with Crippen LogP contribution in [0.4, 0.5) is 0 Å². The normalized spacial score (nSPS) is 18.7. The Hall–Kier alpha value is -0.970. The molecular formula is C14H18Cl2N2O2. The molecule has 1 aromatic rings. The summed E-state index contributed by atoms with van der Waals surface area (Å²) in [5.74, 6) is 0.538. The van der Waals surface area contributed by atoms with Gasteiger partial charge in [-0.2, -0.15) is 0 Å². The maximum Gasteiger partial charge on any atom is 0.263 e. The van der Waals surface area contributed by atoms with Gasteiger partial charge in [-0.15, -0.1) is 0 Å². The minimum absolute atomic E-state index is 0.00887. The average molecular weight is 317 g/mol. The van der Waals surface area contributed by atoms with E-state index in [2.05, 4.69) is 5.32 Å². The van der Waals surface area contributed by atoms with Crippen molar-refractivity contribution in [3.8, 4) is 5.75 Å². The second-order valence-electron chi connectivity index (χ2n) is 4.81. The second kappa shape index (κ2) is 6.66. The van der Waals surface area contributed by atoms with Crippen LogP contribution in [0.3, 0.4) is 0 Å². The zero-order chi connectivity index (χ0) is 14.7. The standard InChI is InChI=1S/C14H18Cl2N2O2/c1-3-17-8-9-6-10(15)7-11(16)13(9)20-12-4-5-18(2)14(12)19/h6-7,12,17H,3-5,8H2,1-2H3. The fraction of sp³-hybridized carbons (Fsp3) is 0.500. The molecule has 1 aliphatic heterocycles. The lowest BCUT2D eigenvalue weighted by molar-refractivity contribution is -0.132. The third kappa shape index (κ3) is 3.37. The van der Waals surface area contributed by atoms with Gasteiger partial charge in [0.25, 0.3) is 5.91 Å².